The van der Waals surface area contributed by atoms with E-state index in [0.29, 0.717) is 6.04 Å². The summed E-state index contributed by atoms with van der Waals surface area (Å²) in [6.07, 6.45) is 5.42. The third-order valence-electron chi connectivity index (χ3n) is 5.85. The molecule has 1 N–H and O–H groups in total. The Labute approximate surface area is 126 Å². The molecule has 0 amide bonds. The summed E-state index contributed by atoms with van der Waals surface area (Å²) in [5.41, 5.74) is 0. The van der Waals surface area contributed by atoms with E-state index in [4.69, 9.17) is 0 Å². The first kappa shape index (κ1) is 16.3. The summed E-state index contributed by atoms with van der Waals surface area (Å²) in [7, 11) is 4.53. The van der Waals surface area contributed by atoms with Crippen LogP contribution in [0.4, 0.5) is 0 Å². The molecular formula is C17H35N3. The maximum Gasteiger partial charge on any atom is 0.0274 e. The van der Waals surface area contributed by atoms with Crippen LogP contribution < -0.4 is 5.32 Å². The molecule has 0 aromatic heterocycles. The second kappa shape index (κ2) is 7.24. The third kappa shape index (κ3) is 3.55. The maximum absolute atomic E-state index is 3.60. The molecule has 2 aliphatic rings. The van der Waals surface area contributed by atoms with Crippen LogP contribution in [0.1, 0.15) is 46.5 Å². The molecule has 1 heterocycles. The second-order valence-corrected chi connectivity index (χ2v) is 7.27. The van der Waals surface area contributed by atoms with E-state index < -0.39 is 0 Å². The monoisotopic (exact) mass is 281 g/mol. The van der Waals surface area contributed by atoms with Crippen LogP contribution in [0.2, 0.25) is 0 Å². The van der Waals surface area contributed by atoms with E-state index in [2.05, 4.69) is 50.0 Å². The van der Waals surface area contributed by atoms with Crippen molar-refractivity contribution in [3.8, 4) is 0 Å². The maximum atomic E-state index is 3.60. The smallest absolute Gasteiger partial charge is 0.0274 e. The van der Waals surface area contributed by atoms with Crippen molar-refractivity contribution in [2.24, 2.45) is 11.8 Å². The molecule has 1 aliphatic heterocycles. The topological polar surface area (TPSA) is 18.5 Å². The molecule has 1 saturated heterocycles. The van der Waals surface area contributed by atoms with Gasteiger partial charge in [0.15, 0.2) is 0 Å². The van der Waals surface area contributed by atoms with E-state index in [-0.39, 0.29) is 0 Å². The van der Waals surface area contributed by atoms with Crippen molar-refractivity contribution in [2.75, 3.05) is 33.7 Å². The molecule has 0 spiro atoms. The summed E-state index contributed by atoms with van der Waals surface area (Å²) in [5, 5.41) is 3.60. The van der Waals surface area contributed by atoms with Crippen molar-refractivity contribution in [1.29, 1.82) is 0 Å². The van der Waals surface area contributed by atoms with Gasteiger partial charge in [-0.1, -0.05) is 20.8 Å². The predicted molar refractivity (Wildman–Crippen MR) is 87.1 cm³/mol. The number of hydrogen-bond acceptors (Lipinski definition) is 3. The summed E-state index contributed by atoms with van der Waals surface area (Å²) in [4.78, 5) is 5.32. The number of likely N-dealkylation sites (N-methyl/N-ethyl adjacent to an activating group) is 2. The van der Waals surface area contributed by atoms with Crippen LogP contribution in [0.25, 0.3) is 0 Å². The van der Waals surface area contributed by atoms with E-state index in [1.807, 2.05) is 0 Å². The standard InChI is InChI=1S/C17H35N3/c1-6-20-9-7-15(8-10-20)19(5)17-14(3)11-13(2)12-16(17)18-4/h13-18H,6-12H2,1-5H3. The zero-order valence-corrected chi connectivity index (χ0v) is 14.2. The second-order valence-electron chi connectivity index (χ2n) is 7.27. The highest BCUT2D eigenvalue weighted by Crippen LogP contribution is 2.33. The van der Waals surface area contributed by atoms with Crippen LogP contribution in [-0.4, -0.2) is 61.7 Å². The van der Waals surface area contributed by atoms with Crippen LogP contribution in [0.15, 0.2) is 0 Å². The lowest BCUT2D eigenvalue weighted by Crippen LogP contribution is -2.58. The van der Waals surface area contributed by atoms with Crippen LogP contribution in [0.3, 0.4) is 0 Å². The summed E-state index contributed by atoms with van der Waals surface area (Å²) < 4.78 is 0. The molecule has 20 heavy (non-hydrogen) atoms. The third-order valence-corrected chi connectivity index (χ3v) is 5.85. The Bertz CT molecular complexity index is 286. The Morgan fingerprint density at radius 1 is 1.15 bits per heavy atom. The van der Waals surface area contributed by atoms with Gasteiger partial charge >= 0.3 is 0 Å². The molecule has 3 nitrogen and oxygen atoms in total. The van der Waals surface area contributed by atoms with Crippen LogP contribution in [0, 0.1) is 11.8 Å². The minimum Gasteiger partial charge on any atom is -0.315 e. The fourth-order valence-electron chi connectivity index (χ4n) is 4.70. The van der Waals surface area contributed by atoms with Gasteiger partial charge in [-0.25, -0.2) is 0 Å². The van der Waals surface area contributed by atoms with E-state index in [9.17, 15) is 0 Å². The number of hydrogen-bond donors (Lipinski definition) is 1. The fourth-order valence-corrected chi connectivity index (χ4v) is 4.70. The Balaban J connectivity index is 1.97. The predicted octanol–water partition coefficient (Wildman–Crippen LogP) is 2.43. The zero-order chi connectivity index (χ0) is 14.7. The van der Waals surface area contributed by atoms with Gasteiger partial charge in [0.1, 0.15) is 0 Å². The summed E-state index contributed by atoms with van der Waals surface area (Å²) in [6.45, 7) is 10.9. The number of rotatable bonds is 4. The number of likely N-dealkylation sites (tertiary alicyclic amines) is 1. The van der Waals surface area contributed by atoms with E-state index >= 15 is 0 Å². The molecule has 118 valence electrons. The van der Waals surface area contributed by atoms with Crippen molar-refractivity contribution >= 4 is 0 Å². The molecule has 0 bridgehead atoms. The number of piperidine rings is 1. The van der Waals surface area contributed by atoms with Crippen molar-refractivity contribution in [1.82, 2.24) is 15.1 Å². The van der Waals surface area contributed by atoms with Crippen LogP contribution in [-0.2, 0) is 0 Å². The Hall–Kier alpha value is -0.120. The normalized spacial score (nSPS) is 37.5. The molecular weight excluding hydrogens is 246 g/mol. The molecule has 0 aromatic carbocycles. The van der Waals surface area contributed by atoms with Gasteiger partial charge in [0.05, 0.1) is 0 Å². The lowest BCUT2D eigenvalue weighted by atomic mass is 9.75. The minimum atomic E-state index is 0.669. The van der Waals surface area contributed by atoms with Gasteiger partial charge in [0.2, 0.25) is 0 Å². The lowest BCUT2D eigenvalue weighted by molar-refractivity contribution is 0.0283. The minimum absolute atomic E-state index is 0.669. The molecule has 2 rings (SSSR count). The van der Waals surface area contributed by atoms with Crippen molar-refractivity contribution in [3.63, 3.8) is 0 Å². The van der Waals surface area contributed by atoms with Gasteiger partial charge < -0.3 is 10.2 Å². The first-order valence-electron chi connectivity index (χ1n) is 8.68. The Morgan fingerprint density at radius 2 is 1.80 bits per heavy atom. The van der Waals surface area contributed by atoms with E-state index in [0.717, 1.165) is 23.9 Å². The van der Waals surface area contributed by atoms with E-state index in [1.165, 1.54) is 45.3 Å². The molecule has 0 radical (unpaired) electrons. The number of nitrogens with zero attached hydrogens (tertiary/aromatic N) is 2. The average molecular weight is 281 g/mol. The molecule has 4 unspecified atom stereocenters. The van der Waals surface area contributed by atoms with E-state index in [1.54, 1.807) is 0 Å². The van der Waals surface area contributed by atoms with Gasteiger partial charge in [-0.15, -0.1) is 0 Å². The van der Waals surface area contributed by atoms with Crippen molar-refractivity contribution in [3.05, 3.63) is 0 Å². The van der Waals surface area contributed by atoms with Crippen LogP contribution >= 0.6 is 0 Å². The quantitative estimate of drug-likeness (QED) is 0.854. The SMILES string of the molecule is CCN1CCC(N(C)C2C(C)CC(C)CC2NC)CC1. The molecule has 4 atom stereocenters. The summed E-state index contributed by atoms with van der Waals surface area (Å²) in [6, 6.07) is 2.17. The largest absolute Gasteiger partial charge is 0.315 e. The Kier molecular flexibility index (Phi) is 5.88. The molecule has 3 heteroatoms. The zero-order valence-electron chi connectivity index (χ0n) is 14.2. The molecule has 0 aromatic rings. The van der Waals surface area contributed by atoms with Gasteiger partial charge in [0.25, 0.3) is 0 Å². The summed E-state index contributed by atoms with van der Waals surface area (Å²) in [5.74, 6) is 1.68. The highest BCUT2D eigenvalue weighted by molar-refractivity contribution is 4.95. The molecule has 2 fully saturated rings. The number of nitrogens with one attached hydrogen (secondary N) is 1. The van der Waals surface area contributed by atoms with Crippen LogP contribution in [0.5, 0.6) is 0 Å². The molecule has 1 aliphatic carbocycles. The highest BCUT2D eigenvalue weighted by atomic mass is 15.2. The van der Waals surface area contributed by atoms with Gasteiger partial charge in [-0.05, 0) is 71.2 Å². The first-order chi connectivity index (χ1) is 9.56. The highest BCUT2D eigenvalue weighted by Gasteiger charge is 2.38. The van der Waals surface area contributed by atoms with Gasteiger partial charge in [-0.2, -0.15) is 0 Å². The Morgan fingerprint density at radius 3 is 2.35 bits per heavy atom. The fraction of sp³-hybridized carbons (Fsp3) is 1.00. The molecule has 1 saturated carbocycles. The van der Waals surface area contributed by atoms with Gasteiger partial charge in [-0.3, -0.25) is 4.90 Å². The first-order valence-corrected chi connectivity index (χ1v) is 8.68. The average Bonchev–Trinajstić information content (AvgIpc) is 2.46. The lowest BCUT2D eigenvalue weighted by Gasteiger charge is -2.48. The van der Waals surface area contributed by atoms with Crippen molar-refractivity contribution < 1.29 is 0 Å². The summed E-state index contributed by atoms with van der Waals surface area (Å²) >= 11 is 0. The van der Waals surface area contributed by atoms with Gasteiger partial charge in [0, 0.05) is 18.1 Å². The van der Waals surface area contributed by atoms with Crippen molar-refractivity contribution in [2.45, 2.75) is 64.6 Å².